The molecular weight excluding hydrogens is 248 g/mol. The molecule has 0 fully saturated rings. The van der Waals surface area contributed by atoms with Crippen LogP contribution in [0.15, 0.2) is 22.8 Å². The van der Waals surface area contributed by atoms with E-state index in [-0.39, 0.29) is 17.6 Å². The predicted molar refractivity (Wildman–Crippen MR) is 69.8 cm³/mol. The summed E-state index contributed by atoms with van der Waals surface area (Å²) in [7, 11) is 1.63. The van der Waals surface area contributed by atoms with Crippen molar-refractivity contribution in [3.63, 3.8) is 0 Å². The summed E-state index contributed by atoms with van der Waals surface area (Å²) in [5.41, 5.74) is 0. The van der Waals surface area contributed by atoms with Crippen molar-refractivity contribution in [3.8, 4) is 0 Å². The molecule has 0 unspecified atom stereocenters. The van der Waals surface area contributed by atoms with E-state index in [0.29, 0.717) is 26.2 Å². The smallest absolute Gasteiger partial charge is 0.287 e. The van der Waals surface area contributed by atoms with Gasteiger partial charge >= 0.3 is 0 Å². The second-order valence-corrected chi connectivity index (χ2v) is 4.09. The van der Waals surface area contributed by atoms with E-state index in [9.17, 15) is 9.59 Å². The van der Waals surface area contributed by atoms with Crippen molar-refractivity contribution in [2.24, 2.45) is 0 Å². The van der Waals surface area contributed by atoms with Crippen molar-refractivity contribution in [1.29, 1.82) is 0 Å². The van der Waals surface area contributed by atoms with Crippen molar-refractivity contribution in [3.05, 3.63) is 24.2 Å². The van der Waals surface area contributed by atoms with Crippen LogP contribution in [-0.2, 0) is 9.53 Å². The quantitative estimate of drug-likeness (QED) is 0.711. The van der Waals surface area contributed by atoms with Gasteiger partial charge < -0.3 is 19.4 Å². The molecule has 2 amide bonds. The summed E-state index contributed by atoms with van der Waals surface area (Å²) in [6.45, 7) is 3.63. The van der Waals surface area contributed by atoms with Crippen LogP contribution in [0.25, 0.3) is 0 Å². The molecule has 0 saturated carbocycles. The second-order valence-electron chi connectivity index (χ2n) is 4.09. The molecule has 0 aromatic carbocycles. The fourth-order valence-corrected chi connectivity index (χ4v) is 1.63. The molecule has 1 N–H and O–H groups in total. The van der Waals surface area contributed by atoms with Crippen LogP contribution >= 0.6 is 0 Å². The topological polar surface area (TPSA) is 71.8 Å². The van der Waals surface area contributed by atoms with Gasteiger partial charge in [-0.3, -0.25) is 9.59 Å². The molecule has 0 saturated heterocycles. The van der Waals surface area contributed by atoms with Crippen LogP contribution in [0, 0.1) is 0 Å². The molecule has 0 aliphatic rings. The van der Waals surface area contributed by atoms with Crippen molar-refractivity contribution in [2.75, 3.05) is 33.4 Å². The second kappa shape index (κ2) is 8.31. The first-order valence-corrected chi connectivity index (χ1v) is 6.21. The fourth-order valence-electron chi connectivity index (χ4n) is 1.63. The lowest BCUT2D eigenvalue weighted by Crippen LogP contribution is -2.38. The summed E-state index contributed by atoms with van der Waals surface area (Å²) in [5, 5.41) is 2.70. The largest absolute Gasteiger partial charge is 0.459 e. The number of nitrogens with zero attached hydrogens (tertiary/aromatic N) is 1. The zero-order valence-electron chi connectivity index (χ0n) is 11.3. The highest BCUT2D eigenvalue weighted by molar-refractivity contribution is 5.91. The van der Waals surface area contributed by atoms with E-state index >= 15 is 0 Å². The number of carbonyl (C=O) groups is 2. The molecule has 1 heterocycles. The monoisotopic (exact) mass is 268 g/mol. The molecule has 106 valence electrons. The zero-order chi connectivity index (χ0) is 14.1. The first kappa shape index (κ1) is 15.2. The molecule has 1 aromatic rings. The maximum absolute atomic E-state index is 11.6. The van der Waals surface area contributed by atoms with Gasteiger partial charge in [-0.25, -0.2) is 0 Å². The molecule has 6 nitrogen and oxygen atoms in total. The van der Waals surface area contributed by atoms with E-state index in [1.807, 2.05) is 0 Å². The van der Waals surface area contributed by atoms with Gasteiger partial charge in [0.25, 0.3) is 5.91 Å². The Morgan fingerprint density at radius 2 is 2.21 bits per heavy atom. The minimum atomic E-state index is -0.273. The van der Waals surface area contributed by atoms with E-state index in [2.05, 4.69) is 5.32 Å². The summed E-state index contributed by atoms with van der Waals surface area (Å²) in [6.07, 6.45) is 2.23. The van der Waals surface area contributed by atoms with Gasteiger partial charge in [-0.2, -0.15) is 0 Å². The number of amides is 2. The summed E-state index contributed by atoms with van der Waals surface area (Å²) in [5.74, 6) is -0.0116. The van der Waals surface area contributed by atoms with E-state index in [1.165, 1.54) is 13.2 Å². The van der Waals surface area contributed by atoms with E-state index in [1.54, 1.807) is 24.1 Å². The molecule has 19 heavy (non-hydrogen) atoms. The van der Waals surface area contributed by atoms with Gasteiger partial charge in [0.2, 0.25) is 5.91 Å². The van der Waals surface area contributed by atoms with Crippen molar-refractivity contribution >= 4 is 11.8 Å². The minimum Gasteiger partial charge on any atom is -0.459 e. The minimum absolute atomic E-state index is 0.0108. The Labute approximate surface area is 112 Å². The Balaban J connectivity index is 2.28. The van der Waals surface area contributed by atoms with Crippen LogP contribution in [0.1, 0.15) is 23.9 Å². The predicted octanol–water partition coefficient (Wildman–Crippen LogP) is 0.894. The lowest BCUT2D eigenvalue weighted by molar-refractivity contribution is -0.129. The number of carbonyl (C=O) groups excluding carboxylic acids is 2. The number of hydrogen-bond acceptors (Lipinski definition) is 4. The SMILES string of the molecule is COCCCN(CCNC(=O)c1ccco1)C(C)=O. The molecule has 0 aliphatic carbocycles. The first-order chi connectivity index (χ1) is 9.15. The molecule has 0 aliphatic heterocycles. The highest BCUT2D eigenvalue weighted by Crippen LogP contribution is 1.99. The number of nitrogens with one attached hydrogen (secondary N) is 1. The summed E-state index contributed by atoms with van der Waals surface area (Å²) in [4.78, 5) is 24.7. The van der Waals surface area contributed by atoms with Crippen molar-refractivity contribution in [2.45, 2.75) is 13.3 Å². The molecule has 0 spiro atoms. The summed E-state index contributed by atoms with van der Waals surface area (Å²) < 4.78 is 9.91. The van der Waals surface area contributed by atoms with Crippen LogP contribution in [0.5, 0.6) is 0 Å². The van der Waals surface area contributed by atoms with E-state index in [0.717, 1.165) is 6.42 Å². The number of ether oxygens (including phenoxy) is 1. The Hall–Kier alpha value is -1.82. The molecule has 1 rings (SSSR count). The summed E-state index contributed by atoms with van der Waals surface area (Å²) in [6, 6.07) is 3.25. The third kappa shape index (κ3) is 5.56. The normalized spacial score (nSPS) is 10.2. The maximum Gasteiger partial charge on any atom is 0.287 e. The van der Waals surface area contributed by atoms with Gasteiger partial charge in [-0.1, -0.05) is 0 Å². The van der Waals surface area contributed by atoms with Gasteiger partial charge in [-0.15, -0.1) is 0 Å². The van der Waals surface area contributed by atoms with Gasteiger partial charge in [0.15, 0.2) is 5.76 Å². The lowest BCUT2D eigenvalue weighted by atomic mass is 10.3. The first-order valence-electron chi connectivity index (χ1n) is 6.21. The number of hydrogen-bond donors (Lipinski definition) is 1. The Bertz CT molecular complexity index is 389. The van der Waals surface area contributed by atoms with E-state index < -0.39 is 0 Å². The highest BCUT2D eigenvalue weighted by atomic mass is 16.5. The number of furan rings is 1. The Morgan fingerprint density at radius 1 is 1.42 bits per heavy atom. The van der Waals surface area contributed by atoms with Crippen molar-refractivity contribution in [1.82, 2.24) is 10.2 Å². The van der Waals surface area contributed by atoms with Crippen LogP contribution in [0.4, 0.5) is 0 Å². The van der Waals surface area contributed by atoms with Gasteiger partial charge in [0, 0.05) is 40.3 Å². The molecular formula is C13H20N2O4. The standard InChI is InChI=1S/C13H20N2O4/c1-11(16)15(7-4-9-18-2)8-6-14-13(17)12-5-3-10-19-12/h3,5,10H,4,6-9H2,1-2H3,(H,14,17). The third-order valence-corrected chi connectivity index (χ3v) is 2.63. The molecule has 1 aromatic heterocycles. The third-order valence-electron chi connectivity index (χ3n) is 2.63. The number of rotatable bonds is 8. The van der Waals surface area contributed by atoms with Gasteiger partial charge in [0.05, 0.1) is 6.26 Å². The average molecular weight is 268 g/mol. The molecule has 0 radical (unpaired) electrons. The summed E-state index contributed by atoms with van der Waals surface area (Å²) >= 11 is 0. The molecule has 6 heteroatoms. The number of methoxy groups -OCH3 is 1. The van der Waals surface area contributed by atoms with Crippen LogP contribution in [0.2, 0.25) is 0 Å². The fraction of sp³-hybridized carbons (Fsp3) is 0.538. The lowest BCUT2D eigenvalue weighted by Gasteiger charge is -2.20. The van der Waals surface area contributed by atoms with Crippen LogP contribution < -0.4 is 5.32 Å². The zero-order valence-corrected chi connectivity index (χ0v) is 11.3. The van der Waals surface area contributed by atoms with Crippen LogP contribution in [-0.4, -0.2) is 50.1 Å². The van der Waals surface area contributed by atoms with Gasteiger partial charge in [-0.05, 0) is 18.6 Å². The average Bonchev–Trinajstić information content (AvgIpc) is 2.90. The Kier molecular flexibility index (Phi) is 6.67. The molecule has 0 bridgehead atoms. The van der Waals surface area contributed by atoms with E-state index in [4.69, 9.17) is 9.15 Å². The maximum atomic E-state index is 11.6. The molecule has 0 atom stereocenters. The highest BCUT2D eigenvalue weighted by Gasteiger charge is 2.10. The van der Waals surface area contributed by atoms with Gasteiger partial charge in [0.1, 0.15) is 0 Å². The van der Waals surface area contributed by atoms with Crippen molar-refractivity contribution < 1.29 is 18.7 Å². The Morgan fingerprint density at radius 3 is 2.79 bits per heavy atom. The van der Waals surface area contributed by atoms with Crippen LogP contribution in [0.3, 0.4) is 0 Å².